The first-order valence-corrected chi connectivity index (χ1v) is 12.0. The number of thioether (sulfide) groups is 1. The highest BCUT2D eigenvalue weighted by Gasteiger charge is 2.23. The molecule has 1 aliphatic heterocycles. The van der Waals surface area contributed by atoms with Crippen molar-refractivity contribution in [2.24, 2.45) is 10.9 Å². The van der Waals surface area contributed by atoms with Gasteiger partial charge in [0.05, 0.1) is 0 Å². The van der Waals surface area contributed by atoms with Gasteiger partial charge in [-0.15, -0.1) is 24.0 Å². The van der Waals surface area contributed by atoms with Gasteiger partial charge < -0.3 is 15.5 Å². The molecular weight excluding hydrogens is 455 g/mol. The van der Waals surface area contributed by atoms with Crippen LogP contribution in [0.25, 0.3) is 0 Å². The lowest BCUT2D eigenvalue weighted by molar-refractivity contribution is 0.160. The third-order valence-electron chi connectivity index (χ3n) is 5.54. The van der Waals surface area contributed by atoms with Gasteiger partial charge in [-0.3, -0.25) is 4.99 Å². The van der Waals surface area contributed by atoms with Crippen molar-refractivity contribution in [3.8, 4) is 0 Å². The molecule has 0 radical (unpaired) electrons. The Kier molecular flexibility index (Phi) is 14.3. The molecule has 1 saturated carbocycles. The number of likely N-dealkylation sites (tertiary alicyclic amines) is 1. The Morgan fingerprint density at radius 2 is 1.81 bits per heavy atom. The number of nitrogens with one attached hydrogen (secondary N) is 2. The minimum absolute atomic E-state index is 0. The molecule has 0 spiro atoms. The maximum Gasteiger partial charge on any atom is 0.191 e. The smallest absolute Gasteiger partial charge is 0.191 e. The predicted octanol–water partition coefficient (Wildman–Crippen LogP) is 4.35. The molecular formula is C20H41IN4S. The molecule has 1 heterocycles. The summed E-state index contributed by atoms with van der Waals surface area (Å²) in [6.45, 7) is 7.88. The van der Waals surface area contributed by atoms with Gasteiger partial charge in [-0.05, 0) is 63.4 Å². The number of hydrogen-bond acceptors (Lipinski definition) is 3. The molecule has 0 aromatic rings. The van der Waals surface area contributed by atoms with E-state index in [1.54, 1.807) is 0 Å². The number of piperidine rings is 1. The van der Waals surface area contributed by atoms with Crippen molar-refractivity contribution in [3.05, 3.63) is 0 Å². The molecule has 0 bridgehead atoms. The summed E-state index contributed by atoms with van der Waals surface area (Å²) < 4.78 is 0. The van der Waals surface area contributed by atoms with E-state index >= 15 is 0 Å². The van der Waals surface area contributed by atoms with Crippen LogP contribution in [0.2, 0.25) is 0 Å². The largest absolute Gasteiger partial charge is 0.357 e. The highest BCUT2D eigenvalue weighted by atomic mass is 127. The molecule has 2 fully saturated rings. The van der Waals surface area contributed by atoms with Crippen molar-refractivity contribution in [1.82, 2.24) is 15.5 Å². The second-order valence-electron chi connectivity index (χ2n) is 7.68. The first-order valence-electron chi connectivity index (χ1n) is 10.6. The molecule has 0 atom stereocenters. The zero-order chi connectivity index (χ0) is 17.7. The highest BCUT2D eigenvalue weighted by molar-refractivity contribution is 14.0. The van der Waals surface area contributed by atoms with Crippen LogP contribution in [-0.2, 0) is 0 Å². The van der Waals surface area contributed by atoms with Crippen LogP contribution in [-0.4, -0.2) is 61.6 Å². The van der Waals surface area contributed by atoms with Gasteiger partial charge in [0.2, 0.25) is 0 Å². The molecule has 0 amide bonds. The molecule has 0 aromatic carbocycles. The van der Waals surface area contributed by atoms with Crippen LogP contribution in [0.1, 0.15) is 64.7 Å². The lowest BCUT2D eigenvalue weighted by Crippen LogP contribution is -2.49. The summed E-state index contributed by atoms with van der Waals surface area (Å²) in [7, 11) is 0. The zero-order valence-electron chi connectivity index (χ0n) is 17.0. The fraction of sp³-hybridized carbons (Fsp3) is 0.950. The second kappa shape index (κ2) is 15.3. The summed E-state index contributed by atoms with van der Waals surface area (Å²) in [4.78, 5) is 7.47. The van der Waals surface area contributed by atoms with Crippen LogP contribution in [0.15, 0.2) is 4.99 Å². The van der Waals surface area contributed by atoms with Crippen molar-refractivity contribution in [2.45, 2.75) is 70.8 Å². The lowest BCUT2D eigenvalue weighted by atomic mass is 9.88. The number of hydrogen-bond donors (Lipinski definition) is 2. The average Bonchev–Trinajstić information content (AvgIpc) is 2.64. The van der Waals surface area contributed by atoms with Crippen molar-refractivity contribution in [1.29, 1.82) is 0 Å². The fourth-order valence-corrected chi connectivity index (χ4v) is 4.55. The van der Waals surface area contributed by atoms with Gasteiger partial charge >= 0.3 is 0 Å². The Hall–Kier alpha value is 0.310. The fourth-order valence-electron chi connectivity index (χ4n) is 4.06. The number of rotatable bonds is 9. The molecule has 1 saturated heterocycles. The van der Waals surface area contributed by atoms with E-state index in [4.69, 9.17) is 4.99 Å². The molecule has 2 aliphatic rings. The maximum absolute atomic E-state index is 4.76. The molecule has 1 aliphatic carbocycles. The molecule has 0 unspecified atom stereocenters. The van der Waals surface area contributed by atoms with Crippen LogP contribution in [0.3, 0.4) is 0 Å². The highest BCUT2D eigenvalue weighted by Crippen LogP contribution is 2.25. The van der Waals surface area contributed by atoms with E-state index in [9.17, 15) is 0 Å². The number of guanidine groups is 1. The lowest BCUT2D eigenvalue weighted by Gasteiger charge is -2.36. The molecule has 0 aromatic heterocycles. The van der Waals surface area contributed by atoms with E-state index in [0.717, 1.165) is 25.0 Å². The van der Waals surface area contributed by atoms with Gasteiger partial charge in [0.25, 0.3) is 0 Å². The Morgan fingerprint density at radius 3 is 2.46 bits per heavy atom. The van der Waals surface area contributed by atoms with Gasteiger partial charge in [0.15, 0.2) is 5.96 Å². The number of aliphatic imine (C=N–C) groups is 1. The number of nitrogens with zero attached hydrogens (tertiary/aromatic N) is 2. The minimum Gasteiger partial charge on any atom is -0.357 e. The van der Waals surface area contributed by atoms with E-state index in [0.29, 0.717) is 6.04 Å². The van der Waals surface area contributed by atoms with Crippen LogP contribution < -0.4 is 10.6 Å². The molecule has 154 valence electrons. The van der Waals surface area contributed by atoms with Crippen molar-refractivity contribution in [3.63, 3.8) is 0 Å². The number of unbranched alkanes of at least 4 members (excludes halogenated alkanes) is 1. The monoisotopic (exact) mass is 496 g/mol. The molecule has 4 nitrogen and oxygen atoms in total. The SMILES string of the molecule is CCNC(=NCCCCSC)NC1CCN(CC2CCCCC2)CC1.I. The van der Waals surface area contributed by atoms with E-state index in [1.807, 2.05) is 11.8 Å². The quantitative estimate of drug-likeness (QED) is 0.216. The molecule has 26 heavy (non-hydrogen) atoms. The van der Waals surface area contributed by atoms with Crippen LogP contribution in [0, 0.1) is 5.92 Å². The molecule has 2 N–H and O–H groups in total. The second-order valence-corrected chi connectivity index (χ2v) is 8.67. The topological polar surface area (TPSA) is 39.7 Å². The van der Waals surface area contributed by atoms with E-state index in [1.165, 1.54) is 83.2 Å². The van der Waals surface area contributed by atoms with Gasteiger partial charge in [0.1, 0.15) is 0 Å². The third kappa shape index (κ3) is 10.0. The normalized spacial score (nSPS) is 20.6. The van der Waals surface area contributed by atoms with Crippen LogP contribution >= 0.6 is 35.7 Å². The van der Waals surface area contributed by atoms with E-state index < -0.39 is 0 Å². The summed E-state index contributed by atoms with van der Waals surface area (Å²) in [6.07, 6.45) is 14.5. The summed E-state index contributed by atoms with van der Waals surface area (Å²) in [5.74, 6) is 3.25. The summed E-state index contributed by atoms with van der Waals surface area (Å²) in [5.41, 5.74) is 0. The predicted molar refractivity (Wildman–Crippen MR) is 128 cm³/mol. The van der Waals surface area contributed by atoms with Gasteiger partial charge in [0, 0.05) is 38.8 Å². The summed E-state index contributed by atoms with van der Waals surface area (Å²) in [5, 5.41) is 7.10. The Labute approximate surface area is 183 Å². The van der Waals surface area contributed by atoms with Crippen LogP contribution in [0.4, 0.5) is 0 Å². The standard InChI is InChI=1S/C20H40N4S.HI/c1-3-21-20(22-13-7-8-16-25-2)23-19-11-14-24(15-12-19)17-18-9-5-4-6-10-18;/h18-19H,3-17H2,1-2H3,(H2,21,22,23);1H. The van der Waals surface area contributed by atoms with E-state index in [-0.39, 0.29) is 24.0 Å². The Morgan fingerprint density at radius 1 is 1.08 bits per heavy atom. The Bertz CT molecular complexity index is 367. The molecule has 6 heteroatoms. The number of halogens is 1. The first kappa shape index (κ1) is 24.3. The zero-order valence-corrected chi connectivity index (χ0v) is 20.1. The van der Waals surface area contributed by atoms with Crippen LogP contribution in [0.5, 0.6) is 0 Å². The minimum atomic E-state index is 0. The maximum atomic E-state index is 4.76. The van der Waals surface area contributed by atoms with Crippen molar-refractivity contribution in [2.75, 3.05) is 44.7 Å². The van der Waals surface area contributed by atoms with E-state index in [2.05, 4.69) is 28.7 Å². The van der Waals surface area contributed by atoms with Crippen molar-refractivity contribution >= 4 is 41.7 Å². The third-order valence-corrected chi connectivity index (χ3v) is 6.24. The molecule has 2 rings (SSSR count). The van der Waals surface area contributed by atoms with Gasteiger partial charge in [-0.1, -0.05) is 19.3 Å². The summed E-state index contributed by atoms with van der Waals surface area (Å²) >= 11 is 1.93. The first-order chi connectivity index (χ1) is 12.3. The Balaban J connectivity index is 0.00000338. The van der Waals surface area contributed by atoms with Gasteiger partial charge in [-0.25, -0.2) is 0 Å². The average molecular weight is 497 g/mol. The summed E-state index contributed by atoms with van der Waals surface area (Å²) in [6, 6.07) is 0.589. The van der Waals surface area contributed by atoms with Crippen molar-refractivity contribution < 1.29 is 0 Å². The van der Waals surface area contributed by atoms with Gasteiger partial charge in [-0.2, -0.15) is 11.8 Å².